The first-order valence-electron chi connectivity index (χ1n) is 6.16. The zero-order valence-electron chi connectivity index (χ0n) is 9.15. The highest BCUT2D eigenvalue weighted by molar-refractivity contribution is 5.13. The molecule has 0 unspecified atom stereocenters. The lowest BCUT2D eigenvalue weighted by molar-refractivity contribution is 0.317. The van der Waals surface area contributed by atoms with Crippen molar-refractivity contribution in [2.45, 2.75) is 38.1 Å². The Bertz CT molecular complexity index is 321. The van der Waals surface area contributed by atoms with Crippen LogP contribution >= 0.6 is 0 Å². The number of hydrogen-bond acceptors (Lipinski definition) is 2. The Morgan fingerprint density at radius 3 is 2.80 bits per heavy atom. The Labute approximate surface area is 90.9 Å². The molecule has 3 rings (SSSR count). The number of hydrogen-bond donors (Lipinski definition) is 1. The van der Waals surface area contributed by atoms with Crippen molar-refractivity contribution in [3.8, 4) is 0 Å². The Hall–Kier alpha value is -0.830. The molecule has 0 atom stereocenters. The first kappa shape index (κ1) is 9.40. The third kappa shape index (κ3) is 2.07. The standard InChI is InChI=1S/C12H19N3/c1-2-11(1)12-5-8-14-15(12)9-10-3-6-13-7-4-10/h5,8,10-11,13H,1-4,6-7,9H2. The molecule has 0 spiro atoms. The molecule has 0 aromatic carbocycles. The Kier molecular flexibility index (Phi) is 2.49. The van der Waals surface area contributed by atoms with E-state index in [-0.39, 0.29) is 0 Å². The summed E-state index contributed by atoms with van der Waals surface area (Å²) in [5, 5.41) is 7.88. The van der Waals surface area contributed by atoms with E-state index in [2.05, 4.69) is 21.2 Å². The summed E-state index contributed by atoms with van der Waals surface area (Å²) in [6, 6.07) is 2.21. The molecule has 3 nitrogen and oxygen atoms in total. The van der Waals surface area contributed by atoms with E-state index in [0.29, 0.717) is 0 Å². The monoisotopic (exact) mass is 205 g/mol. The maximum atomic E-state index is 4.47. The lowest BCUT2D eigenvalue weighted by Crippen LogP contribution is -2.30. The van der Waals surface area contributed by atoms with Crippen molar-refractivity contribution < 1.29 is 0 Å². The molecular weight excluding hydrogens is 186 g/mol. The van der Waals surface area contributed by atoms with Gasteiger partial charge < -0.3 is 5.32 Å². The highest BCUT2D eigenvalue weighted by atomic mass is 15.3. The molecule has 1 saturated carbocycles. The van der Waals surface area contributed by atoms with Crippen molar-refractivity contribution in [1.29, 1.82) is 0 Å². The minimum atomic E-state index is 0.828. The number of piperidine rings is 1. The van der Waals surface area contributed by atoms with Gasteiger partial charge in [0.15, 0.2) is 0 Å². The van der Waals surface area contributed by atoms with Crippen LogP contribution in [0, 0.1) is 5.92 Å². The van der Waals surface area contributed by atoms with Crippen LogP contribution in [0.25, 0.3) is 0 Å². The predicted molar refractivity (Wildman–Crippen MR) is 59.8 cm³/mol. The molecule has 3 heteroatoms. The normalized spacial score (nSPS) is 23.2. The van der Waals surface area contributed by atoms with E-state index in [9.17, 15) is 0 Å². The maximum Gasteiger partial charge on any atom is 0.0492 e. The summed E-state index contributed by atoms with van der Waals surface area (Å²) in [5.41, 5.74) is 1.48. The number of nitrogens with one attached hydrogen (secondary N) is 1. The van der Waals surface area contributed by atoms with Gasteiger partial charge in [-0.1, -0.05) is 0 Å². The van der Waals surface area contributed by atoms with Crippen molar-refractivity contribution in [3.05, 3.63) is 18.0 Å². The molecule has 0 amide bonds. The van der Waals surface area contributed by atoms with Crippen molar-refractivity contribution >= 4 is 0 Å². The Morgan fingerprint density at radius 1 is 1.27 bits per heavy atom. The van der Waals surface area contributed by atoms with Crippen LogP contribution in [0.4, 0.5) is 0 Å². The fourth-order valence-corrected chi connectivity index (χ4v) is 2.53. The summed E-state index contributed by atoms with van der Waals surface area (Å²) in [5.74, 6) is 1.66. The number of nitrogens with zero attached hydrogens (tertiary/aromatic N) is 2. The minimum Gasteiger partial charge on any atom is -0.317 e. The summed E-state index contributed by atoms with van der Waals surface area (Å²) in [7, 11) is 0. The van der Waals surface area contributed by atoms with Crippen molar-refractivity contribution in [2.75, 3.05) is 13.1 Å². The van der Waals surface area contributed by atoms with Gasteiger partial charge in [-0.25, -0.2) is 0 Å². The second kappa shape index (κ2) is 3.97. The van der Waals surface area contributed by atoms with Gasteiger partial charge in [0, 0.05) is 24.4 Å². The van der Waals surface area contributed by atoms with Crippen LogP contribution in [0.5, 0.6) is 0 Å². The molecule has 1 N–H and O–H groups in total. The smallest absolute Gasteiger partial charge is 0.0492 e. The van der Waals surface area contributed by atoms with E-state index >= 15 is 0 Å². The molecule has 2 aliphatic rings. The van der Waals surface area contributed by atoms with Crippen LogP contribution in [0.15, 0.2) is 12.3 Å². The zero-order valence-corrected chi connectivity index (χ0v) is 9.15. The van der Waals surface area contributed by atoms with Crippen LogP contribution in [-0.4, -0.2) is 22.9 Å². The summed E-state index contributed by atoms with van der Waals surface area (Å²) < 4.78 is 2.26. The lowest BCUT2D eigenvalue weighted by atomic mass is 9.98. The third-order valence-corrected chi connectivity index (χ3v) is 3.63. The molecule has 15 heavy (non-hydrogen) atoms. The molecule has 1 aliphatic carbocycles. The summed E-state index contributed by atoms with van der Waals surface area (Å²) in [6.45, 7) is 3.51. The summed E-state index contributed by atoms with van der Waals surface area (Å²) >= 11 is 0. The molecule has 1 aromatic rings. The fraction of sp³-hybridized carbons (Fsp3) is 0.750. The Balaban J connectivity index is 1.67. The molecule has 1 saturated heterocycles. The molecule has 1 aliphatic heterocycles. The van der Waals surface area contributed by atoms with Gasteiger partial charge in [-0.05, 0) is 50.8 Å². The van der Waals surface area contributed by atoms with E-state index in [1.165, 1.54) is 44.5 Å². The highest BCUT2D eigenvalue weighted by Crippen LogP contribution is 2.40. The maximum absolute atomic E-state index is 4.47. The van der Waals surface area contributed by atoms with Crippen molar-refractivity contribution in [1.82, 2.24) is 15.1 Å². The van der Waals surface area contributed by atoms with E-state index in [4.69, 9.17) is 0 Å². The SMILES string of the molecule is c1cc(C2CC2)n(CC2CCNCC2)n1. The second-order valence-electron chi connectivity index (χ2n) is 4.91. The van der Waals surface area contributed by atoms with Gasteiger partial charge in [0.25, 0.3) is 0 Å². The van der Waals surface area contributed by atoms with Crippen LogP contribution < -0.4 is 5.32 Å². The van der Waals surface area contributed by atoms with Gasteiger partial charge in [-0.15, -0.1) is 0 Å². The first-order valence-corrected chi connectivity index (χ1v) is 6.16. The lowest BCUT2D eigenvalue weighted by Gasteiger charge is -2.23. The quantitative estimate of drug-likeness (QED) is 0.815. The highest BCUT2D eigenvalue weighted by Gasteiger charge is 2.27. The summed E-state index contributed by atoms with van der Waals surface area (Å²) in [4.78, 5) is 0. The second-order valence-corrected chi connectivity index (χ2v) is 4.91. The predicted octanol–water partition coefficient (Wildman–Crippen LogP) is 1.76. The van der Waals surface area contributed by atoms with E-state index in [1.807, 2.05) is 6.20 Å². The van der Waals surface area contributed by atoms with E-state index < -0.39 is 0 Å². The fourth-order valence-electron chi connectivity index (χ4n) is 2.53. The van der Waals surface area contributed by atoms with Gasteiger partial charge in [-0.3, -0.25) is 4.68 Å². The molecule has 2 fully saturated rings. The molecular formula is C12H19N3. The molecule has 2 heterocycles. The average molecular weight is 205 g/mol. The molecule has 0 radical (unpaired) electrons. The van der Waals surface area contributed by atoms with Gasteiger partial charge in [0.05, 0.1) is 0 Å². The third-order valence-electron chi connectivity index (χ3n) is 3.63. The number of rotatable bonds is 3. The van der Waals surface area contributed by atoms with Crippen LogP contribution in [0.2, 0.25) is 0 Å². The largest absolute Gasteiger partial charge is 0.317 e. The zero-order chi connectivity index (χ0) is 10.1. The van der Waals surface area contributed by atoms with Gasteiger partial charge in [0.1, 0.15) is 0 Å². The van der Waals surface area contributed by atoms with Crippen LogP contribution in [0.1, 0.15) is 37.3 Å². The first-order chi connectivity index (χ1) is 7.43. The van der Waals surface area contributed by atoms with Crippen LogP contribution in [0.3, 0.4) is 0 Å². The number of aromatic nitrogens is 2. The van der Waals surface area contributed by atoms with Gasteiger partial charge >= 0.3 is 0 Å². The van der Waals surface area contributed by atoms with Gasteiger partial charge in [0.2, 0.25) is 0 Å². The molecule has 1 aromatic heterocycles. The Morgan fingerprint density at radius 2 is 2.07 bits per heavy atom. The topological polar surface area (TPSA) is 29.9 Å². The molecule has 0 bridgehead atoms. The van der Waals surface area contributed by atoms with Gasteiger partial charge in [-0.2, -0.15) is 5.10 Å². The van der Waals surface area contributed by atoms with E-state index in [0.717, 1.165) is 18.4 Å². The van der Waals surface area contributed by atoms with Crippen molar-refractivity contribution in [3.63, 3.8) is 0 Å². The van der Waals surface area contributed by atoms with Crippen molar-refractivity contribution in [2.24, 2.45) is 5.92 Å². The minimum absolute atomic E-state index is 0.828. The molecule has 82 valence electrons. The van der Waals surface area contributed by atoms with E-state index in [1.54, 1.807) is 0 Å². The van der Waals surface area contributed by atoms with Crippen LogP contribution in [-0.2, 0) is 6.54 Å². The summed E-state index contributed by atoms with van der Waals surface area (Å²) in [6.07, 6.45) is 7.33. The average Bonchev–Trinajstić information content (AvgIpc) is 3.02.